The summed E-state index contributed by atoms with van der Waals surface area (Å²) in [5.41, 5.74) is 1.17. The van der Waals surface area contributed by atoms with Crippen molar-refractivity contribution in [1.82, 2.24) is 5.16 Å². The third kappa shape index (κ3) is 4.17. The number of benzene rings is 2. The first kappa shape index (κ1) is 19.1. The van der Waals surface area contributed by atoms with Crippen LogP contribution in [-0.4, -0.2) is 17.2 Å². The standard InChI is InChI=1S/C20H17FN2O5/c1-13-20(23(24)25)18(28-22-13)10-8-14-7-9-17(19(11-14)26-2)27-12-15-5-3-4-6-16(15)21/h3-11H,12H2,1-2H3/b10-8-. The normalized spacial score (nSPS) is 11.0. The number of hydrogen-bond acceptors (Lipinski definition) is 6. The molecular formula is C20H17FN2O5. The molecule has 0 unspecified atom stereocenters. The molecule has 28 heavy (non-hydrogen) atoms. The minimum atomic E-state index is -0.536. The van der Waals surface area contributed by atoms with Crippen LogP contribution in [0, 0.1) is 22.9 Å². The third-order valence-electron chi connectivity index (χ3n) is 4.00. The van der Waals surface area contributed by atoms with Crippen molar-refractivity contribution in [3.05, 3.63) is 81.0 Å². The van der Waals surface area contributed by atoms with Crippen LogP contribution in [0.4, 0.5) is 10.1 Å². The van der Waals surface area contributed by atoms with Gasteiger partial charge in [0.05, 0.1) is 12.0 Å². The predicted octanol–water partition coefficient (Wildman–Crippen LogP) is 4.79. The number of nitro groups is 1. The molecule has 3 rings (SSSR count). The lowest BCUT2D eigenvalue weighted by Crippen LogP contribution is -2.00. The lowest BCUT2D eigenvalue weighted by Gasteiger charge is -2.11. The number of ether oxygens (including phenoxy) is 2. The van der Waals surface area contributed by atoms with E-state index in [1.165, 1.54) is 26.2 Å². The van der Waals surface area contributed by atoms with Crippen molar-refractivity contribution < 1.29 is 23.3 Å². The zero-order valence-corrected chi connectivity index (χ0v) is 15.2. The van der Waals surface area contributed by atoms with Crippen LogP contribution in [0.3, 0.4) is 0 Å². The third-order valence-corrected chi connectivity index (χ3v) is 4.00. The van der Waals surface area contributed by atoms with Crippen molar-refractivity contribution in [2.45, 2.75) is 13.5 Å². The smallest absolute Gasteiger partial charge is 0.338 e. The van der Waals surface area contributed by atoms with E-state index in [-0.39, 0.29) is 29.6 Å². The van der Waals surface area contributed by atoms with Gasteiger partial charge >= 0.3 is 5.69 Å². The number of halogens is 1. The van der Waals surface area contributed by atoms with Crippen LogP contribution in [-0.2, 0) is 6.61 Å². The molecule has 0 amide bonds. The average Bonchev–Trinajstić information content (AvgIpc) is 3.06. The molecule has 0 atom stereocenters. The maximum atomic E-state index is 13.7. The highest BCUT2D eigenvalue weighted by atomic mass is 19.1. The highest BCUT2D eigenvalue weighted by Crippen LogP contribution is 2.30. The molecule has 2 aromatic carbocycles. The zero-order valence-electron chi connectivity index (χ0n) is 15.2. The van der Waals surface area contributed by atoms with Gasteiger partial charge in [-0.2, -0.15) is 0 Å². The van der Waals surface area contributed by atoms with E-state index in [0.29, 0.717) is 22.6 Å². The molecule has 0 spiro atoms. The predicted molar refractivity (Wildman–Crippen MR) is 101 cm³/mol. The summed E-state index contributed by atoms with van der Waals surface area (Å²) in [6.07, 6.45) is 3.10. The number of hydrogen-bond donors (Lipinski definition) is 0. The number of methoxy groups -OCH3 is 1. The van der Waals surface area contributed by atoms with Crippen LogP contribution >= 0.6 is 0 Å². The Labute approximate surface area is 160 Å². The van der Waals surface area contributed by atoms with Gasteiger partial charge in [0.25, 0.3) is 0 Å². The summed E-state index contributed by atoms with van der Waals surface area (Å²) in [7, 11) is 1.49. The highest BCUT2D eigenvalue weighted by Gasteiger charge is 2.21. The molecular weight excluding hydrogens is 367 g/mol. The van der Waals surface area contributed by atoms with Gasteiger partial charge in [-0.3, -0.25) is 10.1 Å². The first-order chi connectivity index (χ1) is 13.5. The molecule has 7 nitrogen and oxygen atoms in total. The van der Waals surface area contributed by atoms with Gasteiger partial charge in [-0.15, -0.1) is 0 Å². The molecule has 0 N–H and O–H groups in total. The first-order valence-corrected chi connectivity index (χ1v) is 8.32. The number of aromatic nitrogens is 1. The molecule has 8 heteroatoms. The summed E-state index contributed by atoms with van der Waals surface area (Å²) in [4.78, 5) is 10.5. The number of aryl methyl sites for hydroxylation is 1. The lowest BCUT2D eigenvalue weighted by molar-refractivity contribution is -0.386. The van der Waals surface area contributed by atoms with Crippen molar-refractivity contribution in [3.8, 4) is 11.5 Å². The van der Waals surface area contributed by atoms with Crippen LogP contribution in [0.15, 0.2) is 47.0 Å². The fourth-order valence-electron chi connectivity index (χ4n) is 2.56. The fourth-order valence-corrected chi connectivity index (χ4v) is 2.56. The fraction of sp³-hybridized carbons (Fsp3) is 0.150. The van der Waals surface area contributed by atoms with Gasteiger partial charge in [0.1, 0.15) is 12.4 Å². The largest absolute Gasteiger partial charge is 0.493 e. The Morgan fingerprint density at radius 2 is 2.00 bits per heavy atom. The quantitative estimate of drug-likeness (QED) is 0.430. The lowest BCUT2D eigenvalue weighted by atomic mass is 10.1. The minimum Gasteiger partial charge on any atom is -0.493 e. The van der Waals surface area contributed by atoms with Crippen molar-refractivity contribution >= 4 is 17.8 Å². The summed E-state index contributed by atoms with van der Waals surface area (Å²) in [5.74, 6) is 0.609. The Bertz CT molecular complexity index is 1030. The zero-order chi connectivity index (χ0) is 20.1. The summed E-state index contributed by atoms with van der Waals surface area (Å²) in [5, 5.41) is 14.7. The summed E-state index contributed by atoms with van der Waals surface area (Å²) >= 11 is 0. The van der Waals surface area contributed by atoms with Gasteiger partial charge in [0.15, 0.2) is 17.2 Å². The topological polar surface area (TPSA) is 87.6 Å². The van der Waals surface area contributed by atoms with Crippen LogP contribution in [0.5, 0.6) is 11.5 Å². The van der Waals surface area contributed by atoms with E-state index in [1.807, 2.05) is 0 Å². The maximum Gasteiger partial charge on any atom is 0.338 e. The van der Waals surface area contributed by atoms with Gasteiger partial charge in [0.2, 0.25) is 5.76 Å². The number of nitrogens with zero attached hydrogens (tertiary/aromatic N) is 2. The molecule has 0 saturated carbocycles. The van der Waals surface area contributed by atoms with E-state index in [9.17, 15) is 14.5 Å². The molecule has 0 saturated heterocycles. The molecule has 1 heterocycles. The van der Waals surface area contributed by atoms with Crippen molar-refractivity contribution in [2.75, 3.05) is 7.11 Å². The van der Waals surface area contributed by atoms with Crippen LogP contribution in [0.25, 0.3) is 12.2 Å². The van der Waals surface area contributed by atoms with Crippen molar-refractivity contribution in [3.63, 3.8) is 0 Å². The van der Waals surface area contributed by atoms with E-state index in [1.54, 1.807) is 42.5 Å². The second-order valence-electron chi connectivity index (χ2n) is 5.86. The summed E-state index contributed by atoms with van der Waals surface area (Å²) < 4.78 is 29.7. The van der Waals surface area contributed by atoms with E-state index < -0.39 is 4.92 Å². The Morgan fingerprint density at radius 1 is 1.21 bits per heavy atom. The van der Waals surface area contributed by atoms with Gasteiger partial charge in [0, 0.05) is 5.56 Å². The van der Waals surface area contributed by atoms with Crippen molar-refractivity contribution in [1.29, 1.82) is 0 Å². The second-order valence-corrected chi connectivity index (χ2v) is 5.86. The monoisotopic (exact) mass is 384 g/mol. The SMILES string of the molecule is COc1cc(/C=C\c2onc(C)c2[N+](=O)[O-])ccc1OCc1ccccc1F. The van der Waals surface area contributed by atoms with Gasteiger partial charge in [-0.1, -0.05) is 35.5 Å². The van der Waals surface area contributed by atoms with Crippen LogP contribution in [0.1, 0.15) is 22.6 Å². The molecule has 0 radical (unpaired) electrons. The Hall–Kier alpha value is -3.68. The van der Waals surface area contributed by atoms with Gasteiger partial charge in [-0.25, -0.2) is 4.39 Å². The summed E-state index contributed by atoms with van der Waals surface area (Å²) in [6, 6.07) is 11.5. The van der Waals surface area contributed by atoms with Crippen molar-refractivity contribution in [2.24, 2.45) is 0 Å². The van der Waals surface area contributed by atoms with E-state index in [4.69, 9.17) is 14.0 Å². The highest BCUT2D eigenvalue weighted by molar-refractivity contribution is 5.72. The molecule has 0 aliphatic rings. The van der Waals surface area contributed by atoms with E-state index in [2.05, 4.69) is 5.16 Å². The molecule has 0 aliphatic heterocycles. The Morgan fingerprint density at radius 3 is 2.71 bits per heavy atom. The molecule has 0 fully saturated rings. The molecule has 1 aromatic heterocycles. The molecule has 0 bridgehead atoms. The Balaban J connectivity index is 1.78. The molecule has 0 aliphatic carbocycles. The second kappa shape index (κ2) is 8.34. The van der Waals surface area contributed by atoms with Gasteiger partial charge in [-0.05, 0) is 36.8 Å². The molecule has 144 valence electrons. The minimum absolute atomic E-state index is 0.0568. The maximum absolute atomic E-state index is 13.7. The van der Waals surface area contributed by atoms with Gasteiger partial charge < -0.3 is 14.0 Å². The Kier molecular flexibility index (Phi) is 5.69. The number of rotatable bonds is 7. The summed E-state index contributed by atoms with van der Waals surface area (Å²) in [6.45, 7) is 1.56. The first-order valence-electron chi connectivity index (χ1n) is 8.32. The van der Waals surface area contributed by atoms with E-state index in [0.717, 1.165) is 0 Å². The van der Waals surface area contributed by atoms with E-state index >= 15 is 0 Å². The molecule has 3 aromatic rings. The average molecular weight is 384 g/mol. The van der Waals surface area contributed by atoms with Crippen LogP contribution in [0.2, 0.25) is 0 Å². The van der Waals surface area contributed by atoms with Crippen LogP contribution < -0.4 is 9.47 Å².